The van der Waals surface area contributed by atoms with Crippen LogP contribution in [0.5, 0.6) is 5.75 Å². The van der Waals surface area contributed by atoms with Gasteiger partial charge in [-0.1, -0.05) is 0 Å². The topological polar surface area (TPSA) is 77.5 Å². The van der Waals surface area contributed by atoms with E-state index in [4.69, 9.17) is 9.47 Å². The van der Waals surface area contributed by atoms with E-state index in [9.17, 15) is 9.59 Å². The number of aldehydes is 1. The average Bonchev–Trinajstić information content (AvgIpc) is 2.34. The molecule has 1 heterocycles. The van der Waals surface area contributed by atoms with Crippen molar-refractivity contribution in [1.82, 2.24) is 10.3 Å². The summed E-state index contributed by atoms with van der Waals surface area (Å²) in [5.41, 5.74) is -0.0929. The third-order valence-electron chi connectivity index (χ3n) is 2.14. The van der Waals surface area contributed by atoms with E-state index in [1.165, 1.54) is 19.5 Å². The van der Waals surface area contributed by atoms with Crippen molar-refractivity contribution in [3.8, 4) is 5.75 Å². The monoisotopic (exact) mass is 266 g/mol. The number of aromatic nitrogens is 1. The molecule has 6 nitrogen and oxygen atoms in total. The summed E-state index contributed by atoms with van der Waals surface area (Å²) < 4.78 is 10.1. The van der Waals surface area contributed by atoms with Crippen LogP contribution in [0.1, 0.15) is 32.4 Å². The van der Waals surface area contributed by atoms with E-state index in [2.05, 4.69) is 10.3 Å². The fourth-order valence-corrected chi connectivity index (χ4v) is 1.35. The number of carbonyl (C=O) groups is 2. The zero-order chi connectivity index (χ0) is 14.5. The lowest BCUT2D eigenvalue weighted by molar-refractivity contribution is -0.109. The maximum Gasteiger partial charge on any atom is 0.408 e. The molecule has 0 saturated heterocycles. The van der Waals surface area contributed by atoms with E-state index >= 15 is 0 Å². The fraction of sp³-hybridized carbons (Fsp3) is 0.462. The maximum absolute atomic E-state index is 11.6. The molecular formula is C13H18N2O4. The first-order valence-electron chi connectivity index (χ1n) is 5.79. The van der Waals surface area contributed by atoms with Crippen LogP contribution in [-0.2, 0) is 9.53 Å². The first kappa shape index (κ1) is 14.9. The van der Waals surface area contributed by atoms with Gasteiger partial charge < -0.3 is 19.6 Å². The quantitative estimate of drug-likeness (QED) is 0.841. The number of hydrogen-bond donors (Lipinski definition) is 1. The highest BCUT2D eigenvalue weighted by atomic mass is 16.6. The number of rotatable bonds is 4. The van der Waals surface area contributed by atoms with Gasteiger partial charge in [0.25, 0.3) is 0 Å². The summed E-state index contributed by atoms with van der Waals surface area (Å²) in [6.07, 6.45) is 2.95. The molecule has 1 aromatic rings. The van der Waals surface area contributed by atoms with Crippen molar-refractivity contribution in [2.45, 2.75) is 32.4 Å². The minimum atomic E-state index is -0.822. The van der Waals surface area contributed by atoms with Gasteiger partial charge in [0, 0.05) is 11.8 Å². The van der Waals surface area contributed by atoms with Crippen LogP contribution < -0.4 is 10.1 Å². The molecule has 0 aliphatic carbocycles. The number of pyridine rings is 1. The molecule has 0 aliphatic heterocycles. The van der Waals surface area contributed by atoms with Crippen LogP contribution in [0.25, 0.3) is 0 Å². The minimum absolute atomic E-state index is 0.510. The van der Waals surface area contributed by atoms with E-state index in [1.807, 2.05) is 0 Å². The zero-order valence-corrected chi connectivity index (χ0v) is 11.5. The SMILES string of the molecule is COc1cncc(C(C=O)NC(=O)OC(C)(C)C)c1. The second-order valence-electron chi connectivity index (χ2n) is 4.92. The van der Waals surface area contributed by atoms with E-state index in [-0.39, 0.29) is 0 Å². The molecule has 0 spiro atoms. The van der Waals surface area contributed by atoms with Gasteiger partial charge in [0.1, 0.15) is 23.7 Å². The lowest BCUT2D eigenvalue weighted by Gasteiger charge is -2.21. The van der Waals surface area contributed by atoms with Gasteiger partial charge in [-0.25, -0.2) is 4.79 Å². The number of carbonyl (C=O) groups excluding carboxylic acids is 2. The molecule has 19 heavy (non-hydrogen) atoms. The molecule has 0 aliphatic rings. The highest BCUT2D eigenvalue weighted by molar-refractivity contribution is 5.74. The first-order valence-corrected chi connectivity index (χ1v) is 5.79. The summed E-state index contributed by atoms with van der Waals surface area (Å²) in [6.45, 7) is 5.24. The Hall–Kier alpha value is -2.11. The predicted molar refractivity (Wildman–Crippen MR) is 69.0 cm³/mol. The predicted octanol–water partition coefficient (Wildman–Crippen LogP) is 1.85. The molecule has 0 fully saturated rings. The maximum atomic E-state index is 11.6. The number of nitrogens with one attached hydrogen (secondary N) is 1. The Morgan fingerprint density at radius 1 is 1.42 bits per heavy atom. The second kappa shape index (κ2) is 6.17. The number of methoxy groups -OCH3 is 1. The van der Waals surface area contributed by atoms with E-state index in [1.54, 1.807) is 26.8 Å². The molecule has 0 aromatic carbocycles. The minimum Gasteiger partial charge on any atom is -0.495 e. The molecule has 1 unspecified atom stereocenters. The second-order valence-corrected chi connectivity index (χ2v) is 4.92. The van der Waals surface area contributed by atoms with Crippen molar-refractivity contribution in [2.75, 3.05) is 7.11 Å². The summed E-state index contributed by atoms with van der Waals surface area (Å²) >= 11 is 0. The summed E-state index contributed by atoms with van der Waals surface area (Å²) in [5, 5.41) is 2.47. The number of ether oxygens (including phenoxy) is 2. The van der Waals surface area contributed by atoms with Gasteiger partial charge in [0.15, 0.2) is 0 Å². The van der Waals surface area contributed by atoms with Gasteiger partial charge in [-0.3, -0.25) is 4.98 Å². The van der Waals surface area contributed by atoms with Gasteiger partial charge in [-0.2, -0.15) is 0 Å². The van der Waals surface area contributed by atoms with E-state index < -0.39 is 17.7 Å². The van der Waals surface area contributed by atoms with E-state index in [0.717, 1.165) is 0 Å². The summed E-state index contributed by atoms with van der Waals surface area (Å²) in [5.74, 6) is 0.510. The molecule has 6 heteroatoms. The average molecular weight is 266 g/mol. The van der Waals surface area contributed by atoms with Crippen LogP contribution in [0.15, 0.2) is 18.5 Å². The van der Waals surface area contributed by atoms with Crippen molar-refractivity contribution in [2.24, 2.45) is 0 Å². The molecule has 1 rings (SSSR count). The fourth-order valence-electron chi connectivity index (χ4n) is 1.35. The Morgan fingerprint density at radius 2 is 2.11 bits per heavy atom. The molecule has 1 N–H and O–H groups in total. The third kappa shape index (κ3) is 4.95. The van der Waals surface area contributed by atoms with Gasteiger partial charge in [-0.05, 0) is 26.8 Å². The molecule has 0 saturated carbocycles. The molecule has 0 bridgehead atoms. The smallest absolute Gasteiger partial charge is 0.408 e. The number of alkyl carbamates (subject to hydrolysis) is 1. The third-order valence-corrected chi connectivity index (χ3v) is 2.14. The lowest BCUT2D eigenvalue weighted by atomic mass is 10.1. The largest absolute Gasteiger partial charge is 0.495 e. The van der Waals surface area contributed by atoms with Crippen LogP contribution in [0.4, 0.5) is 4.79 Å². The molecular weight excluding hydrogens is 248 g/mol. The van der Waals surface area contributed by atoms with Crippen molar-refractivity contribution >= 4 is 12.4 Å². The van der Waals surface area contributed by atoms with Crippen molar-refractivity contribution in [3.05, 3.63) is 24.0 Å². The van der Waals surface area contributed by atoms with Crippen molar-refractivity contribution in [3.63, 3.8) is 0 Å². The van der Waals surface area contributed by atoms with Crippen molar-refractivity contribution in [1.29, 1.82) is 0 Å². The summed E-state index contributed by atoms with van der Waals surface area (Å²) in [6, 6.07) is 0.807. The van der Waals surface area contributed by atoms with Gasteiger partial charge in [-0.15, -0.1) is 0 Å². The molecule has 1 amide bonds. The Bertz CT molecular complexity index is 454. The van der Waals surface area contributed by atoms with Crippen molar-refractivity contribution < 1.29 is 19.1 Å². The summed E-state index contributed by atoms with van der Waals surface area (Å²) in [4.78, 5) is 26.6. The Kier molecular flexibility index (Phi) is 4.86. The van der Waals surface area contributed by atoms with Gasteiger partial charge >= 0.3 is 6.09 Å². The molecule has 1 atom stereocenters. The van der Waals surface area contributed by atoms with Gasteiger partial charge in [0.2, 0.25) is 0 Å². The van der Waals surface area contributed by atoms with E-state index in [0.29, 0.717) is 17.6 Å². The van der Waals surface area contributed by atoms with Crippen LogP contribution in [0, 0.1) is 0 Å². The highest BCUT2D eigenvalue weighted by Crippen LogP contribution is 2.17. The van der Waals surface area contributed by atoms with Gasteiger partial charge in [0.05, 0.1) is 13.3 Å². The highest BCUT2D eigenvalue weighted by Gasteiger charge is 2.20. The first-order chi connectivity index (χ1) is 8.85. The number of hydrogen-bond acceptors (Lipinski definition) is 5. The van der Waals surface area contributed by atoms with Crippen LogP contribution in [-0.4, -0.2) is 30.1 Å². The standard InChI is InChI=1S/C13H18N2O4/c1-13(2,3)19-12(17)15-11(8-16)9-5-10(18-4)7-14-6-9/h5-8,11H,1-4H3,(H,15,17). The van der Waals surface area contributed by atoms with Crippen LogP contribution in [0.3, 0.4) is 0 Å². The summed E-state index contributed by atoms with van der Waals surface area (Å²) in [7, 11) is 1.50. The Morgan fingerprint density at radius 3 is 2.63 bits per heavy atom. The number of nitrogens with zero attached hydrogens (tertiary/aromatic N) is 1. The Labute approximate surface area is 112 Å². The van der Waals surface area contributed by atoms with Crippen LogP contribution in [0.2, 0.25) is 0 Å². The van der Waals surface area contributed by atoms with Crippen LogP contribution >= 0.6 is 0 Å². The molecule has 1 aromatic heterocycles. The normalized spacial score (nSPS) is 12.4. The zero-order valence-electron chi connectivity index (χ0n) is 11.5. The molecule has 0 radical (unpaired) electrons. The Balaban J connectivity index is 2.77. The lowest BCUT2D eigenvalue weighted by Crippen LogP contribution is -2.35. The number of amides is 1. The molecule has 104 valence electrons.